The van der Waals surface area contributed by atoms with Gasteiger partial charge in [-0.05, 0) is 77.9 Å². The average molecular weight is 745 g/mol. The summed E-state index contributed by atoms with van der Waals surface area (Å²) < 4.78 is 0. The van der Waals surface area contributed by atoms with E-state index in [2.05, 4.69) is 55.9 Å². The second-order valence-corrected chi connectivity index (χ2v) is 18.9. The van der Waals surface area contributed by atoms with Crippen molar-refractivity contribution in [3.63, 3.8) is 0 Å². The third-order valence-electron chi connectivity index (χ3n) is 9.26. The van der Waals surface area contributed by atoms with Crippen LogP contribution < -0.4 is 27.0 Å². The minimum Gasteiger partial charge on any atom is -0.352 e. The lowest BCUT2D eigenvalue weighted by atomic mass is 9.80. The number of likely N-dealkylation sites (tertiary alicyclic amines) is 1. The molecule has 1 saturated heterocycles. The van der Waals surface area contributed by atoms with Gasteiger partial charge in [-0.25, -0.2) is 4.79 Å². The summed E-state index contributed by atoms with van der Waals surface area (Å²) in [6.45, 7) is 21.0. The fourth-order valence-corrected chi connectivity index (χ4v) is 7.54. The van der Waals surface area contributed by atoms with Gasteiger partial charge in [0.05, 0.1) is 5.92 Å². The summed E-state index contributed by atoms with van der Waals surface area (Å²) in [5.74, 6) is -1.81. The highest BCUT2D eigenvalue weighted by atomic mass is 31.1. The van der Waals surface area contributed by atoms with E-state index in [9.17, 15) is 28.8 Å². The maximum absolute atomic E-state index is 13.6. The van der Waals surface area contributed by atoms with Crippen molar-refractivity contribution < 1.29 is 28.8 Å². The highest BCUT2D eigenvalue weighted by Gasteiger charge is 2.44. The van der Waals surface area contributed by atoms with E-state index in [0.717, 1.165) is 24.3 Å². The third-order valence-corrected chi connectivity index (χ3v) is 11.0. The Morgan fingerprint density at radius 1 is 0.942 bits per heavy atom. The Kier molecular flexibility index (Phi) is 16.8. The standard InChI is InChI=1S/C39H65N6O6P/c1-25(2)32(44-30(46)17-18-39(9,10)24-52-21-20-45-31(47)22-28(35(45)50)38(6,7)8)34(49)43-29(12-11-19-41-36(40)51)33(48)42-27-15-13-26(14-16-27)23-37(3,4)5/h13-16,25,28-29,32,52H,11-12,17-24H2,1-10H3,(H,42,48)(H,43,49)(H,44,46)(H3,40,41,51)/t28?,29-,32?/m0/s1. The molecule has 4 atom stereocenters. The molecule has 0 spiro atoms. The summed E-state index contributed by atoms with van der Waals surface area (Å²) in [6.07, 6.45) is 4.18. The quantitative estimate of drug-likeness (QED) is 0.0739. The van der Waals surface area contributed by atoms with Crippen molar-refractivity contribution in [2.24, 2.45) is 33.8 Å². The van der Waals surface area contributed by atoms with Crippen molar-refractivity contribution in [3.8, 4) is 0 Å². The van der Waals surface area contributed by atoms with E-state index < -0.39 is 29.9 Å². The van der Waals surface area contributed by atoms with Gasteiger partial charge in [-0.3, -0.25) is 28.9 Å². The Morgan fingerprint density at radius 2 is 1.58 bits per heavy atom. The number of nitrogens with zero attached hydrogens (tertiary/aromatic N) is 1. The smallest absolute Gasteiger partial charge is 0.312 e. The molecule has 292 valence electrons. The minimum absolute atomic E-state index is 0.0737. The number of hydrogen-bond donors (Lipinski definition) is 5. The monoisotopic (exact) mass is 744 g/mol. The first-order chi connectivity index (χ1) is 24.0. The molecule has 3 unspecified atom stereocenters. The molecule has 0 saturated carbocycles. The van der Waals surface area contributed by atoms with Gasteiger partial charge in [0.2, 0.25) is 29.5 Å². The number of hydrogen-bond acceptors (Lipinski definition) is 6. The summed E-state index contributed by atoms with van der Waals surface area (Å²) in [7, 11) is 0.528. The number of rotatable bonds is 19. The molecule has 2 rings (SSSR count). The summed E-state index contributed by atoms with van der Waals surface area (Å²) in [5, 5.41) is 11.1. The lowest BCUT2D eigenvalue weighted by Crippen LogP contribution is -2.54. The van der Waals surface area contributed by atoms with Gasteiger partial charge in [0.1, 0.15) is 12.1 Å². The molecule has 6 N–H and O–H groups in total. The number of imide groups is 1. The summed E-state index contributed by atoms with van der Waals surface area (Å²) in [6, 6.07) is 5.17. The Hall–Kier alpha value is -3.53. The van der Waals surface area contributed by atoms with E-state index in [4.69, 9.17) is 5.73 Å². The predicted octanol–water partition coefficient (Wildman–Crippen LogP) is 5.19. The normalized spacial score (nSPS) is 16.7. The lowest BCUT2D eigenvalue weighted by molar-refractivity contribution is -0.140. The Labute approximate surface area is 313 Å². The molecule has 52 heavy (non-hydrogen) atoms. The van der Waals surface area contributed by atoms with E-state index in [1.54, 1.807) is 0 Å². The summed E-state index contributed by atoms with van der Waals surface area (Å²) >= 11 is 0. The molecule has 1 aromatic rings. The number of carbonyl (C=O) groups is 6. The molecule has 1 aliphatic rings. The molecular formula is C39H65N6O6P. The number of benzene rings is 1. The molecule has 12 nitrogen and oxygen atoms in total. The topological polar surface area (TPSA) is 180 Å². The van der Waals surface area contributed by atoms with E-state index in [1.807, 2.05) is 58.9 Å². The van der Waals surface area contributed by atoms with E-state index in [-0.39, 0.29) is 71.6 Å². The van der Waals surface area contributed by atoms with Crippen molar-refractivity contribution in [1.82, 2.24) is 20.9 Å². The van der Waals surface area contributed by atoms with Crippen LogP contribution in [0.25, 0.3) is 0 Å². The number of urea groups is 1. The molecule has 0 aromatic heterocycles. The van der Waals surface area contributed by atoms with Gasteiger partial charge in [-0.1, -0.05) is 81.4 Å². The Bertz CT molecular complexity index is 1400. The third kappa shape index (κ3) is 15.6. The molecule has 1 aliphatic heterocycles. The van der Waals surface area contributed by atoms with Crippen LogP contribution >= 0.6 is 8.58 Å². The van der Waals surface area contributed by atoms with Gasteiger partial charge < -0.3 is 27.0 Å². The van der Waals surface area contributed by atoms with E-state index in [0.29, 0.717) is 33.7 Å². The van der Waals surface area contributed by atoms with Crippen molar-refractivity contribution in [1.29, 1.82) is 0 Å². The number of anilines is 1. The Balaban J connectivity index is 1.95. The molecule has 7 amide bonds. The van der Waals surface area contributed by atoms with E-state index >= 15 is 0 Å². The minimum atomic E-state index is -0.917. The highest BCUT2D eigenvalue weighted by Crippen LogP contribution is 2.36. The lowest BCUT2D eigenvalue weighted by Gasteiger charge is -2.27. The molecule has 0 aliphatic carbocycles. The van der Waals surface area contributed by atoms with E-state index in [1.165, 1.54) is 4.90 Å². The van der Waals surface area contributed by atoms with Crippen LogP contribution in [0.4, 0.5) is 10.5 Å². The van der Waals surface area contributed by atoms with Gasteiger partial charge in [-0.15, -0.1) is 8.58 Å². The van der Waals surface area contributed by atoms with Crippen LogP contribution in [0.1, 0.15) is 107 Å². The largest absolute Gasteiger partial charge is 0.352 e. The van der Waals surface area contributed by atoms with Gasteiger partial charge in [0.25, 0.3) is 0 Å². The molecule has 13 heteroatoms. The first kappa shape index (κ1) is 44.6. The Morgan fingerprint density at radius 3 is 2.12 bits per heavy atom. The molecule has 1 heterocycles. The SMILES string of the molecule is CC(C)C(NC(=O)CCC(C)(C)CPCCN1C(=O)CC(C(C)(C)C)C1=O)C(=O)N[C@@H](CCCNC(N)=O)C(=O)Nc1ccc(CC(C)(C)C)cc1. The van der Waals surface area contributed by atoms with Gasteiger partial charge in [-0.2, -0.15) is 0 Å². The fraction of sp³-hybridized carbons (Fsp3) is 0.692. The van der Waals surface area contributed by atoms with Crippen LogP contribution in [-0.4, -0.2) is 78.0 Å². The van der Waals surface area contributed by atoms with Crippen molar-refractivity contribution in [2.45, 2.75) is 120 Å². The highest BCUT2D eigenvalue weighted by molar-refractivity contribution is 7.38. The molecule has 1 aromatic carbocycles. The number of primary amides is 1. The zero-order chi connectivity index (χ0) is 39.4. The van der Waals surface area contributed by atoms with Crippen molar-refractivity contribution in [2.75, 3.05) is 30.7 Å². The second-order valence-electron chi connectivity index (χ2n) is 17.6. The summed E-state index contributed by atoms with van der Waals surface area (Å²) in [5.41, 5.74) is 6.65. The second kappa shape index (κ2) is 19.5. The van der Waals surface area contributed by atoms with Gasteiger partial charge in [0, 0.05) is 31.6 Å². The van der Waals surface area contributed by atoms with Crippen molar-refractivity contribution >= 4 is 49.8 Å². The molecule has 0 bridgehead atoms. The number of amides is 7. The van der Waals surface area contributed by atoms with Crippen LogP contribution in [0.2, 0.25) is 0 Å². The number of nitrogens with two attached hydrogens (primary N) is 1. The zero-order valence-corrected chi connectivity index (χ0v) is 34.2. The maximum atomic E-state index is 13.6. The van der Waals surface area contributed by atoms with Crippen molar-refractivity contribution in [3.05, 3.63) is 29.8 Å². The summed E-state index contributed by atoms with van der Waals surface area (Å²) in [4.78, 5) is 78.0. The number of nitrogens with one attached hydrogen (secondary N) is 4. The molecule has 0 radical (unpaired) electrons. The first-order valence-corrected chi connectivity index (χ1v) is 20.0. The van der Waals surface area contributed by atoms with Crippen LogP contribution in [0.15, 0.2) is 24.3 Å². The van der Waals surface area contributed by atoms with Gasteiger partial charge in [0.15, 0.2) is 0 Å². The first-order valence-electron chi connectivity index (χ1n) is 18.6. The fourth-order valence-electron chi connectivity index (χ4n) is 6.13. The van der Waals surface area contributed by atoms with Crippen LogP contribution in [-0.2, 0) is 30.4 Å². The number of carbonyl (C=O) groups excluding carboxylic acids is 6. The van der Waals surface area contributed by atoms with Crippen LogP contribution in [0.5, 0.6) is 0 Å². The molecular weight excluding hydrogens is 679 g/mol. The average Bonchev–Trinajstić information content (AvgIpc) is 3.31. The van der Waals surface area contributed by atoms with Crippen LogP contribution in [0, 0.1) is 28.1 Å². The zero-order valence-electron chi connectivity index (χ0n) is 33.2. The van der Waals surface area contributed by atoms with Gasteiger partial charge >= 0.3 is 6.03 Å². The molecule has 1 fully saturated rings. The van der Waals surface area contributed by atoms with Crippen LogP contribution in [0.3, 0.4) is 0 Å². The predicted molar refractivity (Wildman–Crippen MR) is 209 cm³/mol. The maximum Gasteiger partial charge on any atom is 0.312 e.